The largest absolute Gasteiger partial charge is 0.369 e. The first-order valence-corrected chi connectivity index (χ1v) is 7.27. The van der Waals surface area contributed by atoms with Gasteiger partial charge in [0.05, 0.1) is 18.4 Å². The van der Waals surface area contributed by atoms with E-state index in [1.54, 1.807) is 12.3 Å². The van der Waals surface area contributed by atoms with Crippen LogP contribution >= 0.6 is 11.6 Å². The van der Waals surface area contributed by atoms with Gasteiger partial charge in [-0.15, -0.1) is 6.58 Å². The molecule has 1 saturated carbocycles. The zero-order chi connectivity index (χ0) is 14.7. The van der Waals surface area contributed by atoms with Gasteiger partial charge in [-0.25, -0.2) is 4.68 Å². The number of allylic oxidation sites excluding steroid dienone is 1. The van der Waals surface area contributed by atoms with Crippen LogP contribution in [0.2, 0.25) is 5.02 Å². The molecule has 1 heterocycles. The Morgan fingerprint density at radius 2 is 2.40 bits per heavy atom. The van der Waals surface area contributed by atoms with Gasteiger partial charge in [-0.3, -0.25) is 4.79 Å². The molecule has 0 amide bonds. The van der Waals surface area contributed by atoms with Gasteiger partial charge in [0.15, 0.2) is 0 Å². The van der Waals surface area contributed by atoms with Crippen LogP contribution in [-0.2, 0) is 6.54 Å². The second-order valence-corrected chi connectivity index (χ2v) is 5.60. The van der Waals surface area contributed by atoms with Crippen molar-refractivity contribution in [3.63, 3.8) is 0 Å². The van der Waals surface area contributed by atoms with Crippen molar-refractivity contribution < 1.29 is 0 Å². The Morgan fingerprint density at radius 1 is 1.65 bits per heavy atom. The van der Waals surface area contributed by atoms with Crippen LogP contribution in [0.4, 0.5) is 5.69 Å². The molecule has 6 heteroatoms. The maximum Gasteiger partial charge on any atom is 0.287 e. The Bertz CT molecular complexity index is 542. The van der Waals surface area contributed by atoms with Crippen LogP contribution in [0.1, 0.15) is 19.3 Å². The summed E-state index contributed by atoms with van der Waals surface area (Å²) in [6.45, 7) is 4.62. The standard InChI is InChI=1S/C14H21ClN4O/c1-3-7-19-14(20)13(15)12(9-17-19)18(2)11-6-4-5-10(11)8-16/h3,9-11H,1,4-8,16H2,2H3. The van der Waals surface area contributed by atoms with Crippen molar-refractivity contribution in [1.29, 1.82) is 0 Å². The van der Waals surface area contributed by atoms with E-state index >= 15 is 0 Å². The molecule has 1 fully saturated rings. The molecule has 0 bridgehead atoms. The zero-order valence-electron chi connectivity index (χ0n) is 11.8. The van der Waals surface area contributed by atoms with E-state index < -0.39 is 0 Å². The summed E-state index contributed by atoms with van der Waals surface area (Å²) < 4.78 is 1.31. The monoisotopic (exact) mass is 296 g/mol. The van der Waals surface area contributed by atoms with Crippen molar-refractivity contribution >= 4 is 17.3 Å². The normalized spacial score (nSPS) is 21.9. The third-order valence-corrected chi connectivity index (χ3v) is 4.42. The molecular weight excluding hydrogens is 276 g/mol. The number of aromatic nitrogens is 2. The van der Waals surface area contributed by atoms with Crippen molar-refractivity contribution in [3.05, 3.63) is 34.2 Å². The second kappa shape index (κ2) is 6.41. The second-order valence-electron chi connectivity index (χ2n) is 5.22. The lowest BCUT2D eigenvalue weighted by molar-refractivity contribution is 0.473. The number of anilines is 1. The predicted molar refractivity (Wildman–Crippen MR) is 82.3 cm³/mol. The lowest BCUT2D eigenvalue weighted by Crippen LogP contribution is -2.39. The fourth-order valence-electron chi connectivity index (χ4n) is 2.94. The van der Waals surface area contributed by atoms with Gasteiger partial charge in [0.25, 0.3) is 5.56 Å². The van der Waals surface area contributed by atoms with Gasteiger partial charge in [0.2, 0.25) is 0 Å². The first-order valence-electron chi connectivity index (χ1n) is 6.89. The fraction of sp³-hybridized carbons (Fsp3) is 0.571. The van der Waals surface area contributed by atoms with Gasteiger partial charge >= 0.3 is 0 Å². The number of hydrogen-bond donors (Lipinski definition) is 1. The van der Waals surface area contributed by atoms with Crippen LogP contribution in [0.3, 0.4) is 0 Å². The molecule has 1 aliphatic rings. The topological polar surface area (TPSA) is 64.2 Å². The van der Waals surface area contributed by atoms with Gasteiger partial charge in [-0.2, -0.15) is 5.10 Å². The molecule has 0 radical (unpaired) electrons. The lowest BCUT2D eigenvalue weighted by atomic mass is 10.0. The fourth-order valence-corrected chi connectivity index (χ4v) is 3.21. The van der Waals surface area contributed by atoms with Gasteiger partial charge in [-0.05, 0) is 25.3 Å². The summed E-state index contributed by atoms with van der Waals surface area (Å²) in [7, 11) is 1.96. The summed E-state index contributed by atoms with van der Waals surface area (Å²) >= 11 is 6.22. The molecule has 0 aromatic carbocycles. The van der Waals surface area contributed by atoms with Gasteiger partial charge in [-0.1, -0.05) is 24.1 Å². The minimum atomic E-state index is -0.279. The van der Waals surface area contributed by atoms with Crippen molar-refractivity contribution in [1.82, 2.24) is 9.78 Å². The summed E-state index contributed by atoms with van der Waals surface area (Å²) in [6.07, 6.45) is 6.64. The van der Waals surface area contributed by atoms with E-state index in [0.717, 1.165) is 19.3 Å². The van der Waals surface area contributed by atoms with E-state index in [4.69, 9.17) is 17.3 Å². The van der Waals surface area contributed by atoms with Crippen LogP contribution in [0.15, 0.2) is 23.6 Å². The number of halogens is 1. The van der Waals surface area contributed by atoms with E-state index in [1.807, 2.05) is 7.05 Å². The average molecular weight is 297 g/mol. The smallest absolute Gasteiger partial charge is 0.287 e. The van der Waals surface area contributed by atoms with Crippen LogP contribution < -0.4 is 16.2 Å². The minimum absolute atomic E-state index is 0.215. The van der Waals surface area contributed by atoms with E-state index in [9.17, 15) is 4.79 Å². The van der Waals surface area contributed by atoms with E-state index in [1.165, 1.54) is 4.68 Å². The Hall–Kier alpha value is -1.33. The molecular formula is C14H21ClN4O. The predicted octanol–water partition coefficient (Wildman–Crippen LogP) is 1.65. The maximum absolute atomic E-state index is 12.1. The highest BCUT2D eigenvalue weighted by molar-refractivity contribution is 6.33. The maximum atomic E-state index is 12.1. The molecule has 110 valence electrons. The van der Waals surface area contributed by atoms with Crippen LogP contribution in [0.25, 0.3) is 0 Å². The van der Waals surface area contributed by atoms with E-state index in [2.05, 4.69) is 16.6 Å². The summed E-state index contributed by atoms with van der Waals surface area (Å²) in [5.74, 6) is 0.451. The highest BCUT2D eigenvalue weighted by Crippen LogP contribution is 2.33. The molecule has 1 aliphatic carbocycles. The van der Waals surface area contributed by atoms with E-state index in [0.29, 0.717) is 30.7 Å². The van der Waals surface area contributed by atoms with Crippen molar-refractivity contribution in [2.75, 3.05) is 18.5 Å². The third-order valence-electron chi connectivity index (χ3n) is 4.07. The molecule has 0 spiro atoms. The summed E-state index contributed by atoms with van der Waals surface area (Å²) in [5.41, 5.74) is 6.22. The molecule has 2 rings (SSSR count). The molecule has 0 aliphatic heterocycles. The Balaban J connectivity index is 2.31. The quantitative estimate of drug-likeness (QED) is 0.839. The highest BCUT2D eigenvalue weighted by atomic mass is 35.5. The summed E-state index contributed by atoms with van der Waals surface area (Å²) in [5, 5.41) is 4.36. The van der Waals surface area contributed by atoms with Crippen molar-refractivity contribution in [2.45, 2.75) is 31.8 Å². The Morgan fingerprint density at radius 3 is 3.05 bits per heavy atom. The van der Waals surface area contributed by atoms with Crippen LogP contribution in [0, 0.1) is 5.92 Å². The molecule has 0 saturated heterocycles. The van der Waals surface area contributed by atoms with Crippen molar-refractivity contribution in [3.8, 4) is 0 Å². The molecule has 2 N–H and O–H groups in total. The first-order chi connectivity index (χ1) is 9.60. The SMILES string of the molecule is C=CCn1ncc(N(C)C2CCCC2CN)c(Cl)c1=O. The van der Waals surface area contributed by atoms with E-state index in [-0.39, 0.29) is 10.6 Å². The first kappa shape index (κ1) is 15.1. The van der Waals surface area contributed by atoms with Gasteiger partial charge < -0.3 is 10.6 Å². The number of hydrogen-bond acceptors (Lipinski definition) is 4. The third kappa shape index (κ3) is 2.74. The number of nitrogens with zero attached hydrogens (tertiary/aromatic N) is 3. The number of nitrogens with two attached hydrogens (primary N) is 1. The molecule has 1 aromatic heterocycles. The highest BCUT2D eigenvalue weighted by Gasteiger charge is 2.30. The van der Waals surface area contributed by atoms with Gasteiger partial charge in [0.1, 0.15) is 5.02 Å². The Labute approximate surface area is 124 Å². The summed E-state index contributed by atoms with van der Waals surface area (Å²) in [6, 6.07) is 0.328. The molecule has 2 atom stereocenters. The van der Waals surface area contributed by atoms with Crippen LogP contribution in [0.5, 0.6) is 0 Å². The Kier molecular flexibility index (Phi) is 4.83. The zero-order valence-corrected chi connectivity index (χ0v) is 12.5. The molecule has 2 unspecified atom stereocenters. The molecule has 20 heavy (non-hydrogen) atoms. The molecule has 1 aromatic rings. The lowest BCUT2D eigenvalue weighted by Gasteiger charge is -2.31. The van der Waals surface area contributed by atoms with Crippen molar-refractivity contribution in [2.24, 2.45) is 11.7 Å². The van der Waals surface area contributed by atoms with Crippen LogP contribution in [-0.4, -0.2) is 29.4 Å². The molecule has 5 nitrogen and oxygen atoms in total. The average Bonchev–Trinajstić information content (AvgIpc) is 2.92. The summed E-state index contributed by atoms with van der Waals surface area (Å²) in [4.78, 5) is 14.2. The minimum Gasteiger partial charge on any atom is -0.369 e. The van der Waals surface area contributed by atoms with Gasteiger partial charge in [0, 0.05) is 13.1 Å². The number of rotatable bonds is 5.